The summed E-state index contributed by atoms with van der Waals surface area (Å²) in [6.07, 6.45) is 0. The summed E-state index contributed by atoms with van der Waals surface area (Å²) in [6.45, 7) is 4.25. The number of nitrogens with zero attached hydrogens (tertiary/aromatic N) is 1. The quantitative estimate of drug-likeness (QED) is 0.850. The molecule has 2 aromatic rings. The van der Waals surface area contributed by atoms with Crippen LogP contribution in [0, 0.1) is 0 Å². The van der Waals surface area contributed by atoms with Gasteiger partial charge in [0.05, 0.1) is 10.6 Å². The normalized spacial score (nSPS) is 11.1. The Morgan fingerprint density at radius 2 is 1.75 bits per heavy atom. The van der Waals surface area contributed by atoms with Gasteiger partial charge in [0, 0.05) is 25.0 Å². The van der Waals surface area contributed by atoms with Gasteiger partial charge in [-0.15, -0.1) is 0 Å². The van der Waals surface area contributed by atoms with E-state index in [0.29, 0.717) is 23.8 Å². The number of carbonyl (C=O) groups is 1. The highest BCUT2D eigenvalue weighted by atomic mass is 35.5. The van der Waals surface area contributed by atoms with Gasteiger partial charge in [-0.1, -0.05) is 29.8 Å². The first kappa shape index (κ1) is 18.3. The van der Waals surface area contributed by atoms with Crippen molar-refractivity contribution in [2.45, 2.75) is 25.3 Å². The van der Waals surface area contributed by atoms with Gasteiger partial charge in [-0.25, -0.2) is 8.42 Å². The highest BCUT2D eigenvalue weighted by Crippen LogP contribution is 2.22. The first-order valence-corrected chi connectivity index (χ1v) is 9.31. The van der Waals surface area contributed by atoms with Gasteiger partial charge in [-0.05, 0) is 42.8 Å². The van der Waals surface area contributed by atoms with E-state index in [4.69, 9.17) is 11.6 Å². The Hall–Kier alpha value is -2.05. The van der Waals surface area contributed by atoms with E-state index in [2.05, 4.69) is 4.72 Å². The highest BCUT2D eigenvalue weighted by molar-refractivity contribution is 7.92. The van der Waals surface area contributed by atoms with E-state index in [1.807, 2.05) is 13.0 Å². The summed E-state index contributed by atoms with van der Waals surface area (Å²) in [5, 5.41) is 0.467. The van der Waals surface area contributed by atoms with E-state index in [9.17, 15) is 13.2 Å². The van der Waals surface area contributed by atoms with Gasteiger partial charge in [0.2, 0.25) is 5.91 Å². The van der Waals surface area contributed by atoms with Crippen molar-refractivity contribution < 1.29 is 13.2 Å². The van der Waals surface area contributed by atoms with E-state index >= 15 is 0 Å². The molecule has 1 amide bonds. The van der Waals surface area contributed by atoms with Crippen LogP contribution in [-0.4, -0.2) is 25.8 Å². The zero-order valence-corrected chi connectivity index (χ0v) is 15.1. The number of nitrogens with one attached hydrogen (secondary N) is 1. The van der Waals surface area contributed by atoms with E-state index < -0.39 is 10.0 Å². The average molecular weight is 367 g/mol. The Labute approximate surface area is 147 Å². The lowest BCUT2D eigenvalue weighted by atomic mass is 10.1. The minimum Gasteiger partial charge on any atom is -0.339 e. The van der Waals surface area contributed by atoms with Crippen molar-refractivity contribution in [2.75, 3.05) is 11.3 Å². The molecule has 0 saturated carbocycles. The number of carbonyl (C=O) groups excluding carboxylic acids is 1. The fourth-order valence-corrected chi connectivity index (χ4v) is 3.45. The number of halogens is 1. The van der Waals surface area contributed by atoms with E-state index in [1.54, 1.807) is 23.1 Å². The molecule has 0 fully saturated rings. The first-order valence-electron chi connectivity index (χ1n) is 7.45. The average Bonchev–Trinajstić information content (AvgIpc) is 2.53. The first-order chi connectivity index (χ1) is 11.3. The summed E-state index contributed by atoms with van der Waals surface area (Å²) in [7, 11) is -3.73. The molecule has 0 radical (unpaired) electrons. The van der Waals surface area contributed by atoms with Crippen molar-refractivity contribution >= 4 is 33.2 Å². The van der Waals surface area contributed by atoms with Gasteiger partial charge < -0.3 is 4.90 Å². The van der Waals surface area contributed by atoms with Crippen LogP contribution in [0.3, 0.4) is 0 Å². The lowest BCUT2D eigenvalue weighted by Crippen LogP contribution is -2.28. The van der Waals surface area contributed by atoms with Crippen molar-refractivity contribution in [3.8, 4) is 0 Å². The SMILES string of the molecule is CCN(Cc1ccccc1NS(=O)(=O)c1ccc(Cl)cc1)C(C)=O. The molecule has 0 aromatic heterocycles. The molecule has 0 saturated heterocycles. The predicted molar refractivity (Wildman–Crippen MR) is 95.5 cm³/mol. The fraction of sp³-hybridized carbons (Fsp3) is 0.235. The summed E-state index contributed by atoms with van der Waals surface area (Å²) in [6, 6.07) is 13.0. The van der Waals surface area contributed by atoms with Gasteiger partial charge >= 0.3 is 0 Å². The zero-order chi connectivity index (χ0) is 17.7. The number of para-hydroxylation sites is 1. The maximum Gasteiger partial charge on any atom is 0.261 e. The molecular weight excluding hydrogens is 348 g/mol. The van der Waals surface area contributed by atoms with Crippen molar-refractivity contribution in [3.05, 3.63) is 59.1 Å². The van der Waals surface area contributed by atoms with E-state index in [-0.39, 0.29) is 10.8 Å². The molecule has 7 heteroatoms. The minimum absolute atomic E-state index is 0.0622. The number of anilines is 1. The largest absolute Gasteiger partial charge is 0.339 e. The number of amides is 1. The molecule has 1 N–H and O–H groups in total. The lowest BCUT2D eigenvalue weighted by molar-refractivity contribution is -0.129. The number of rotatable bonds is 6. The van der Waals surface area contributed by atoms with E-state index in [1.165, 1.54) is 31.2 Å². The Kier molecular flexibility index (Phi) is 5.85. The standard InChI is InChI=1S/C17H19ClN2O3S/c1-3-20(13(2)21)12-14-6-4-5-7-17(14)19-24(22,23)16-10-8-15(18)9-11-16/h4-11,19H,3,12H2,1-2H3. The molecule has 0 bridgehead atoms. The molecule has 2 rings (SSSR count). The lowest BCUT2D eigenvalue weighted by Gasteiger charge is -2.21. The Morgan fingerprint density at radius 3 is 2.33 bits per heavy atom. The topological polar surface area (TPSA) is 66.5 Å². The second-order valence-electron chi connectivity index (χ2n) is 5.25. The van der Waals surface area contributed by atoms with Crippen LogP contribution in [0.2, 0.25) is 5.02 Å². The maximum atomic E-state index is 12.5. The fourth-order valence-electron chi connectivity index (χ4n) is 2.23. The molecule has 5 nitrogen and oxygen atoms in total. The Morgan fingerprint density at radius 1 is 1.12 bits per heavy atom. The van der Waals surface area contributed by atoms with Crippen molar-refractivity contribution in [3.63, 3.8) is 0 Å². The molecule has 0 atom stereocenters. The molecular formula is C17H19ClN2O3S. The van der Waals surface area contributed by atoms with Crippen LogP contribution in [0.4, 0.5) is 5.69 Å². The van der Waals surface area contributed by atoms with Crippen LogP contribution in [0.1, 0.15) is 19.4 Å². The number of benzene rings is 2. The van der Waals surface area contributed by atoms with E-state index in [0.717, 1.165) is 5.56 Å². The smallest absolute Gasteiger partial charge is 0.261 e. The third kappa shape index (κ3) is 4.49. The monoisotopic (exact) mass is 366 g/mol. The van der Waals surface area contributed by atoms with Crippen LogP contribution in [0.5, 0.6) is 0 Å². The summed E-state index contributed by atoms with van der Waals surface area (Å²) in [5.74, 6) is -0.0622. The highest BCUT2D eigenvalue weighted by Gasteiger charge is 2.17. The molecule has 128 valence electrons. The van der Waals surface area contributed by atoms with Crippen LogP contribution in [-0.2, 0) is 21.4 Å². The summed E-state index contributed by atoms with van der Waals surface area (Å²) < 4.78 is 27.6. The van der Waals surface area contributed by atoms with Crippen molar-refractivity contribution in [1.29, 1.82) is 0 Å². The third-order valence-corrected chi connectivity index (χ3v) is 5.21. The molecule has 24 heavy (non-hydrogen) atoms. The van der Waals surface area contributed by atoms with Gasteiger partial charge in [0.15, 0.2) is 0 Å². The van der Waals surface area contributed by atoms with Crippen LogP contribution in [0.25, 0.3) is 0 Å². The van der Waals surface area contributed by atoms with Crippen LogP contribution >= 0.6 is 11.6 Å². The van der Waals surface area contributed by atoms with Crippen LogP contribution < -0.4 is 4.72 Å². The van der Waals surface area contributed by atoms with Gasteiger partial charge in [-0.3, -0.25) is 9.52 Å². The second kappa shape index (κ2) is 7.68. The molecule has 0 spiro atoms. The Balaban J connectivity index is 2.29. The minimum atomic E-state index is -3.73. The Bertz CT molecular complexity index is 820. The second-order valence-corrected chi connectivity index (χ2v) is 7.37. The van der Waals surface area contributed by atoms with Gasteiger partial charge in [0.1, 0.15) is 0 Å². The van der Waals surface area contributed by atoms with Crippen LogP contribution in [0.15, 0.2) is 53.4 Å². The maximum absolute atomic E-state index is 12.5. The molecule has 0 aliphatic heterocycles. The molecule has 0 heterocycles. The number of hydrogen-bond donors (Lipinski definition) is 1. The predicted octanol–water partition coefficient (Wildman–Crippen LogP) is 3.51. The molecule has 0 unspecified atom stereocenters. The molecule has 0 aliphatic carbocycles. The van der Waals surface area contributed by atoms with Crippen molar-refractivity contribution in [2.24, 2.45) is 0 Å². The molecule has 2 aromatic carbocycles. The third-order valence-electron chi connectivity index (χ3n) is 3.57. The zero-order valence-electron chi connectivity index (χ0n) is 13.5. The summed E-state index contributed by atoms with van der Waals surface area (Å²) in [5.41, 5.74) is 1.18. The van der Waals surface area contributed by atoms with Gasteiger partial charge in [-0.2, -0.15) is 0 Å². The number of sulfonamides is 1. The molecule has 0 aliphatic rings. The number of hydrogen-bond acceptors (Lipinski definition) is 3. The van der Waals surface area contributed by atoms with Crippen molar-refractivity contribution in [1.82, 2.24) is 4.90 Å². The summed E-state index contributed by atoms with van der Waals surface area (Å²) in [4.78, 5) is 13.4. The van der Waals surface area contributed by atoms with Gasteiger partial charge in [0.25, 0.3) is 10.0 Å². The summed E-state index contributed by atoms with van der Waals surface area (Å²) >= 11 is 5.80.